The number of ether oxygens (including phenoxy) is 2. The zero-order chi connectivity index (χ0) is 17.4. The van der Waals surface area contributed by atoms with Crippen LogP contribution in [0.1, 0.15) is 25.8 Å². The Morgan fingerprint density at radius 3 is 2.65 bits per heavy atom. The van der Waals surface area contributed by atoms with Crippen LogP contribution in [0.15, 0.2) is 23.2 Å². The van der Waals surface area contributed by atoms with Crippen LogP contribution < -0.4 is 0 Å². The summed E-state index contributed by atoms with van der Waals surface area (Å²) in [5, 5.41) is 2.00. The van der Waals surface area contributed by atoms with Crippen LogP contribution in [0, 0.1) is 0 Å². The van der Waals surface area contributed by atoms with Crippen LogP contribution in [-0.4, -0.2) is 42.3 Å². The SMILES string of the molecule is CCS(=O)(=O)N(C)C1=C(OC(C)=O)C(=O)C(C)(c2nccs2)O1. The molecule has 10 heteroatoms. The number of aromatic nitrogens is 1. The highest BCUT2D eigenvalue weighted by Gasteiger charge is 2.53. The maximum absolute atomic E-state index is 12.7. The third-order valence-corrected chi connectivity index (χ3v) is 5.99. The van der Waals surface area contributed by atoms with E-state index in [9.17, 15) is 18.0 Å². The van der Waals surface area contributed by atoms with Gasteiger partial charge in [-0.05, 0) is 13.8 Å². The van der Waals surface area contributed by atoms with Crippen molar-refractivity contribution in [2.24, 2.45) is 0 Å². The number of hydrogen-bond donors (Lipinski definition) is 0. The van der Waals surface area contributed by atoms with Gasteiger partial charge in [-0.2, -0.15) is 0 Å². The van der Waals surface area contributed by atoms with Crippen LogP contribution in [0.4, 0.5) is 0 Å². The van der Waals surface area contributed by atoms with E-state index < -0.39 is 33.1 Å². The number of Topliss-reactive ketones (excluding diaryl/α,β-unsaturated/α-hetero) is 1. The molecule has 126 valence electrons. The van der Waals surface area contributed by atoms with E-state index in [4.69, 9.17) is 9.47 Å². The maximum Gasteiger partial charge on any atom is 0.308 e. The third kappa shape index (κ3) is 2.95. The summed E-state index contributed by atoms with van der Waals surface area (Å²) >= 11 is 1.18. The van der Waals surface area contributed by atoms with Gasteiger partial charge in [0, 0.05) is 25.5 Å². The molecule has 1 aliphatic rings. The number of thiazole rings is 1. The number of nitrogens with zero attached hydrogens (tertiary/aromatic N) is 2. The van der Waals surface area contributed by atoms with Crippen molar-refractivity contribution in [1.29, 1.82) is 0 Å². The highest BCUT2D eigenvalue weighted by molar-refractivity contribution is 7.89. The lowest BCUT2D eigenvalue weighted by molar-refractivity contribution is -0.142. The van der Waals surface area contributed by atoms with E-state index in [1.165, 1.54) is 38.4 Å². The summed E-state index contributed by atoms with van der Waals surface area (Å²) in [5.41, 5.74) is -1.54. The lowest BCUT2D eigenvalue weighted by Crippen LogP contribution is -2.33. The van der Waals surface area contributed by atoms with E-state index in [2.05, 4.69) is 4.98 Å². The molecule has 0 saturated heterocycles. The molecular weight excluding hydrogens is 344 g/mol. The summed E-state index contributed by atoms with van der Waals surface area (Å²) < 4.78 is 35.5. The van der Waals surface area contributed by atoms with Crippen molar-refractivity contribution in [3.8, 4) is 0 Å². The van der Waals surface area contributed by atoms with Gasteiger partial charge in [0.1, 0.15) is 5.01 Å². The molecule has 0 aromatic carbocycles. The Kier molecular flexibility index (Phi) is 4.49. The molecule has 8 nitrogen and oxygen atoms in total. The van der Waals surface area contributed by atoms with E-state index in [-0.39, 0.29) is 11.6 Å². The van der Waals surface area contributed by atoms with Crippen molar-refractivity contribution >= 4 is 33.1 Å². The molecule has 0 saturated carbocycles. The van der Waals surface area contributed by atoms with Crippen molar-refractivity contribution in [2.75, 3.05) is 12.8 Å². The number of carbonyl (C=O) groups excluding carboxylic acids is 2. The van der Waals surface area contributed by atoms with Gasteiger partial charge in [0.15, 0.2) is 0 Å². The first-order chi connectivity index (χ1) is 10.6. The van der Waals surface area contributed by atoms with Gasteiger partial charge in [0.05, 0.1) is 5.75 Å². The van der Waals surface area contributed by atoms with E-state index in [1.807, 2.05) is 0 Å². The first kappa shape index (κ1) is 17.4. The van der Waals surface area contributed by atoms with Gasteiger partial charge >= 0.3 is 5.97 Å². The van der Waals surface area contributed by atoms with Crippen LogP contribution in [0.5, 0.6) is 0 Å². The molecule has 1 aliphatic heterocycles. The average molecular weight is 360 g/mol. The number of hydrogen-bond acceptors (Lipinski definition) is 8. The first-order valence-electron chi connectivity index (χ1n) is 6.66. The van der Waals surface area contributed by atoms with Crippen molar-refractivity contribution in [1.82, 2.24) is 9.29 Å². The Morgan fingerprint density at radius 2 is 2.17 bits per heavy atom. The quantitative estimate of drug-likeness (QED) is 0.721. The molecule has 0 fully saturated rings. The molecule has 0 spiro atoms. The molecule has 1 unspecified atom stereocenters. The topological polar surface area (TPSA) is 103 Å². The zero-order valence-corrected chi connectivity index (χ0v) is 14.7. The fourth-order valence-corrected chi connectivity index (χ4v) is 3.45. The van der Waals surface area contributed by atoms with Gasteiger partial charge < -0.3 is 9.47 Å². The van der Waals surface area contributed by atoms with Gasteiger partial charge in [-0.25, -0.2) is 17.7 Å². The highest BCUT2D eigenvalue weighted by Crippen LogP contribution is 2.41. The molecule has 0 radical (unpaired) electrons. The molecule has 1 aromatic rings. The lowest BCUT2D eigenvalue weighted by atomic mass is 10.0. The second-order valence-corrected chi connectivity index (χ2v) is 8.08. The predicted molar refractivity (Wildman–Crippen MR) is 81.6 cm³/mol. The Morgan fingerprint density at radius 1 is 1.52 bits per heavy atom. The standard InChI is InChI=1S/C13H16N2O6S2/c1-5-23(18,19)15(4)11-9(20-8(2)16)10(17)13(3,21-11)12-14-6-7-22-12/h6-7H,5H2,1-4H3. The van der Waals surface area contributed by atoms with E-state index in [0.717, 1.165) is 11.2 Å². The summed E-state index contributed by atoms with van der Waals surface area (Å²) in [5.74, 6) is -2.36. The second-order valence-electron chi connectivity index (χ2n) is 4.90. The summed E-state index contributed by atoms with van der Waals surface area (Å²) in [4.78, 5) is 28.0. The lowest BCUT2D eigenvalue weighted by Gasteiger charge is -2.24. The summed E-state index contributed by atoms with van der Waals surface area (Å²) in [6, 6.07) is 0. The normalized spacial score (nSPS) is 21.3. The molecule has 1 aromatic heterocycles. The third-order valence-electron chi connectivity index (χ3n) is 3.29. The molecule has 0 aliphatic carbocycles. The molecule has 2 rings (SSSR count). The average Bonchev–Trinajstić information content (AvgIpc) is 3.10. The van der Waals surface area contributed by atoms with Crippen LogP contribution >= 0.6 is 11.3 Å². The van der Waals surface area contributed by atoms with Crippen molar-refractivity contribution in [3.63, 3.8) is 0 Å². The van der Waals surface area contributed by atoms with Gasteiger partial charge in [0.25, 0.3) is 11.7 Å². The monoisotopic (exact) mass is 360 g/mol. The second kappa shape index (κ2) is 5.93. The molecule has 1 atom stereocenters. The molecule has 0 N–H and O–H groups in total. The Labute approximate surface area is 137 Å². The van der Waals surface area contributed by atoms with Gasteiger partial charge in [-0.3, -0.25) is 9.59 Å². The van der Waals surface area contributed by atoms with Gasteiger partial charge in [-0.1, -0.05) is 0 Å². The number of carbonyl (C=O) groups is 2. The highest BCUT2D eigenvalue weighted by atomic mass is 32.2. The number of rotatable bonds is 5. The van der Waals surface area contributed by atoms with Gasteiger partial charge in [0.2, 0.25) is 21.4 Å². The first-order valence-corrected chi connectivity index (χ1v) is 9.15. The Hall–Kier alpha value is -1.94. The largest absolute Gasteiger partial charge is 0.453 e. The predicted octanol–water partition coefficient (Wildman–Crippen LogP) is 0.971. The van der Waals surface area contributed by atoms with Gasteiger partial charge in [-0.15, -0.1) is 11.3 Å². The van der Waals surface area contributed by atoms with Crippen molar-refractivity contribution in [3.05, 3.63) is 28.2 Å². The minimum atomic E-state index is -3.70. The van der Waals surface area contributed by atoms with Crippen molar-refractivity contribution < 1.29 is 27.5 Å². The fraction of sp³-hybridized carbons (Fsp3) is 0.462. The summed E-state index contributed by atoms with van der Waals surface area (Å²) in [6.07, 6.45) is 1.50. The minimum Gasteiger partial charge on any atom is -0.453 e. The number of esters is 1. The zero-order valence-electron chi connectivity index (χ0n) is 13.0. The van der Waals surface area contributed by atoms with E-state index in [1.54, 1.807) is 5.38 Å². The molecule has 0 bridgehead atoms. The summed E-state index contributed by atoms with van der Waals surface area (Å²) in [7, 11) is -2.47. The smallest absolute Gasteiger partial charge is 0.308 e. The minimum absolute atomic E-state index is 0.203. The number of sulfonamides is 1. The summed E-state index contributed by atoms with van der Waals surface area (Å²) in [6.45, 7) is 4.02. The van der Waals surface area contributed by atoms with Crippen LogP contribution in [0.3, 0.4) is 0 Å². The van der Waals surface area contributed by atoms with E-state index >= 15 is 0 Å². The fourth-order valence-electron chi connectivity index (χ4n) is 1.96. The molecule has 23 heavy (non-hydrogen) atoms. The molecular formula is C13H16N2O6S2. The van der Waals surface area contributed by atoms with Crippen LogP contribution in [0.25, 0.3) is 0 Å². The Balaban J connectivity index is 2.53. The number of ketones is 1. The van der Waals surface area contributed by atoms with Crippen LogP contribution in [0.2, 0.25) is 0 Å². The molecule has 0 amide bonds. The van der Waals surface area contributed by atoms with E-state index in [0.29, 0.717) is 5.01 Å². The Bertz CT molecular complexity index is 768. The molecule has 2 heterocycles. The van der Waals surface area contributed by atoms with Crippen LogP contribution in [-0.2, 0) is 34.7 Å². The maximum atomic E-state index is 12.7. The van der Waals surface area contributed by atoms with Crippen molar-refractivity contribution in [2.45, 2.75) is 26.4 Å².